The summed E-state index contributed by atoms with van der Waals surface area (Å²) in [6.07, 6.45) is 1.00. The van der Waals surface area contributed by atoms with Crippen LogP contribution in [0.15, 0.2) is 34.9 Å². The van der Waals surface area contributed by atoms with E-state index in [1.54, 1.807) is 6.07 Å². The molecule has 0 spiro atoms. The predicted octanol–water partition coefficient (Wildman–Crippen LogP) is 3.18. The summed E-state index contributed by atoms with van der Waals surface area (Å²) >= 11 is 3.24. The first-order valence-corrected chi connectivity index (χ1v) is 6.03. The molecule has 0 saturated carbocycles. The summed E-state index contributed by atoms with van der Waals surface area (Å²) in [5.41, 5.74) is 6.85. The number of hydrogen-bond acceptors (Lipinski definition) is 4. The molecular formula is C12H12BrN3O. The molecule has 0 amide bonds. The van der Waals surface area contributed by atoms with Crippen molar-refractivity contribution in [2.75, 3.05) is 5.73 Å². The van der Waals surface area contributed by atoms with Crippen LogP contribution in [0.25, 0.3) is 0 Å². The minimum absolute atomic E-state index is 0.237. The average molecular weight is 294 g/mol. The van der Waals surface area contributed by atoms with Gasteiger partial charge in [0.05, 0.1) is 0 Å². The molecule has 0 bridgehead atoms. The maximum Gasteiger partial charge on any atom is 0.325 e. The van der Waals surface area contributed by atoms with Crippen LogP contribution in [0.3, 0.4) is 0 Å². The van der Waals surface area contributed by atoms with Gasteiger partial charge in [-0.15, -0.1) is 0 Å². The molecule has 0 fully saturated rings. The highest BCUT2D eigenvalue weighted by Crippen LogP contribution is 2.21. The Morgan fingerprint density at radius 3 is 2.53 bits per heavy atom. The van der Waals surface area contributed by atoms with Crippen molar-refractivity contribution in [3.05, 3.63) is 40.5 Å². The van der Waals surface area contributed by atoms with Crippen LogP contribution < -0.4 is 10.5 Å². The smallest absolute Gasteiger partial charge is 0.325 e. The van der Waals surface area contributed by atoms with Crippen molar-refractivity contribution in [2.24, 2.45) is 0 Å². The molecule has 0 aliphatic heterocycles. The monoisotopic (exact) mass is 293 g/mol. The Hall–Kier alpha value is -1.62. The molecule has 2 aromatic rings. The van der Waals surface area contributed by atoms with Gasteiger partial charge in [0.25, 0.3) is 0 Å². The number of aromatic nitrogens is 2. The van der Waals surface area contributed by atoms with Gasteiger partial charge in [-0.1, -0.05) is 19.1 Å². The number of aryl methyl sites for hydroxylation is 1. The van der Waals surface area contributed by atoms with Gasteiger partial charge in [-0.2, -0.15) is 9.97 Å². The summed E-state index contributed by atoms with van der Waals surface area (Å²) in [7, 11) is 0. The van der Waals surface area contributed by atoms with Crippen molar-refractivity contribution in [1.82, 2.24) is 9.97 Å². The highest BCUT2D eigenvalue weighted by Gasteiger charge is 2.03. The Balaban J connectivity index is 2.19. The summed E-state index contributed by atoms with van der Waals surface area (Å²) in [5.74, 6) is 1.06. The topological polar surface area (TPSA) is 61.0 Å². The molecule has 4 nitrogen and oxygen atoms in total. The van der Waals surface area contributed by atoms with Gasteiger partial charge in [0.2, 0.25) is 0 Å². The van der Waals surface area contributed by atoms with Gasteiger partial charge in [-0.3, -0.25) is 0 Å². The Morgan fingerprint density at radius 2 is 1.94 bits per heavy atom. The SMILES string of the molecule is CCc1ccc(Oc2nc(N)cc(Br)n2)cc1. The zero-order valence-corrected chi connectivity index (χ0v) is 10.9. The highest BCUT2D eigenvalue weighted by molar-refractivity contribution is 9.10. The number of rotatable bonds is 3. The molecule has 1 heterocycles. The molecule has 17 heavy (non-hydrogen) atoms. The van der Waals surface area contributed by atoms with Crippen molar-refractivity contribution < 1.29 is 4.74 Å². The minimum Gasteiger partial charge on any atom is -0.424 e. The number of ether oxygens (including phenoxy) is 1. The summed E-state index contributed by atoms with van der Waals surface area (Å²) in [6.45, 7) is 2.11. The van der Waals surface area contributed by atoms with E-state index < -0.39 is 0 Å². The lowest BCUT2D eigenvalue weighted by Gasteiger charge is -2.05. The van der Waals surface area contributed by atoms with E-state index in [-0.39, 0.29) is 6.01 Å². The lowest BCUT2D eigenvalue weighted by molar-refractivity contribution is 0.441. The maximum atomic E-state index is 5.60. The van der Waals surface area contributed by atoms with Crippen molar-refractivity contribution >= 4 is 21.7 Å². The summed E-state index contributed by atoms with van der Waals surface area (Å²) in [6, 6.07) is 9.65. The quantitative estimate of drug-likeness (QED) is 0.883. The third-order valence-electron chi connectivity index (χ3n) is 2.23. The molecule has 2 rings (SSSR count). The van der Waals surface area contributed by atoms with E-state index in [1.807, 2.05) is 24.3 Å². The molecule has 0 aliphatic carbocycles. The fraction of sp³-hybridized carbons (Fsp3) is 0.167. The Labute approximate surface area is 108 Å². The molecule has 0 saturated heterocycles. The van der Waals surface area contributed by atoms with Gasteiger partial charge in [0, 0.05) is 6.07 Å². The second kappa shape index (κ2) is 5.14. The molecule has 0 unspecified atom stereocenters. The van der Waals surface area contributed by atoms with Crippen molar-refractivity contribution in [2.45, 2.75) is 13.3 Å². The molecule has 5 heteroatoms. The largest absolute Gasteiger partial charge is 0.424 e. The number of anilines is 1. The van der Waals surface area contributed by atoms with E-state index in [9.17, 15) is 0 Å². The number of nitrogen functional groups attached to an aromatic ring is 1. The Kier molecular flexibility index (Phi) is 3.58. The van der Waals surface area contributed by atoms with Crippen LogP contribution in [0.1, 0.15) is 12.5 Å². The Bertz CT molecular complexity index is 493. The number of nitrogens with zero attached hydrogens (tertiary/aromatic N) is 2. The van der Waals surface area contributed by atoms with Crippen molar-refractivity contribution in [1.29, 1.82) is 0 Å². The van der Waals surface area contributed by atoms with E-state index in [0.29, 0.717) is 16.2 Å². The second-order valence-corrected chi connectivity index (χ2v) is 4.31. The molecule has 0 radical (unpaired) electrons. The van der Waals surface area contributed by atoms with E-state index in [2.05, 4.69) is 32.8 Å². The first kappa shape index (κ1) is 11.9. The highest BCUT2D eigenvalue weighted by atomic mass is 79.9. The standard InChI is InChI=1S/C12H12BrN3O/c1-2-8-3-5-9(6-4-8)17-12-15-10(13)7-11(14)16-12/h3-7H,2H2,1H3,(H2,14,15,16). The van der Waals surface area contributed by atoms with Gasteiger partial charge in [0.15, 0.2) is 0 Å². The van der Waals surface area contributed by atoms with Gasteiger partial charge in [0.1, 0.15) is 16.2 Å². The third kappa shape index (κ3) is 3.17. The average Bonchev–Trinajstić information content (AvgIpc) is 2.28. The van der Waals surface area contributed by atoms with Gasteiger partial charge < -0.3 is 10.5 Å². The zero-order chi connectivity index (χ0) is 12.3. The molecule has 0 aliphatic rings. The molecule has 0 atom stereocenters. The van der Waals surface area contributed by atoms with Crippen LogP contribution in [0.5, 0.6) is 11.8 Å². The fourth-order valence-electron chi connectivity index (χ4n) is 1.36. The van der Waals surface area contributed by atoms with E-state index >= 15 is 0 Å². The van der Waals surface area contributed by atoms with Crippen LogP contribution in [-0.2, 0) is 6.42 Å². The lowest BCUT2D eigenvalue weighted by atomic mass is 10.2. The molecule has 2 N–H and O–H groups in total. The summed E-state index contributed by atoms with van der Waals surface area (Å²) in [4.78, 5) is 8.06. The number of halogens is 1. The van der Waals surface area contributed by atoms with Crippen LogP contribution >= 0.6 is 15.9 Å². The third-order valence-corrected chi connectivity index (χ3v) is 2.64. The van der Waals surface area contributed by atoms with Crippen LogP contribution in [0, 0.1) is 0 Å². The first-order chi connectivity index (χ1) is 8.17. The summed E-state index contributed by atoms with van der Waals surface area (Å²) < 4.78 is 6.11. The lowest BCUT2D eigenvalue weighted by Crippen LogP contribution is -1.97. The van der Waals surface area contributed by atoms with Gasteiger partial charge in [-0.25, -0.2) is 0 Å². The first-order valence-electron chi connectivity index (χ1n) is 5.24. The number of hydrogen-bond donors (Lipinski definition) is 1. The zero-order valence-electron chi connectivity index (χ0n) is 9.35. The van der Waals surface area contributed by atoms with E-state index in [4.69, 9.17) is 10.5 Å². The van der Waals surface area contributed by atoms with E-state index in [0.717, 1.165) is 6.42 Å². The van der Waals surface area contributed by atoms with Gasteiger partial charge >= 0.3 is 6.01 Å². The van der Waals surface area contributed by atoms with Crippen molar-refractivity contribution in [3.8, 4) is 11.8 Å². The fourth-order valence-corrected chi connectivity index (χ4v) is 1.74. The van der Waals surface area contributed by atoms with E-state index in [1.165, 1.54) is 5.56 Å². The van der Waals surface area contributed by atoms with Gasteiger partial charge in [-0.05, 0) is 40.0 Å². The molecular weight excluding hydrogens is 282 g/mol. The normalized spacial score (nSPS) is 10.2. The molecule has 1 aromatic carbocycles. The predicted molar refractivity (Wildman–Crippen MR) is 70.0 cm³/mol. The molecule has 1 aromatic heterocycles. The van der Waals surface area contributed by atoms with Crippen LogP contribution in [-0.4, -0.2) is 9.97 Å². The number of nitrogens with two attached hydrogens (primary N) is 1. The Morgan fingerprint density at radius 1 is 1.24 bits per heavy atom. The second-order valence-electron chi connectivity index (χ2n) is 3.50. The minimum atomic E-state index is 0.237. The van der Waals surface area contributed by atoms with Crippen molar-refractivity contribution in [3.63, 3.8) is 0 Å². The number of benzene rings is 1. The molecule has 88 valence electrons. The maximum absolute atomic E-state index is 5.60. The van der Waals surface area contributed by atoms with Crippen LogP contribution in [0.2, 0.25) is 0 Å². The summed E-state index contributed by atoms with van der Waals surface area (Å²) in [5, 5.41) is 0. The van der Waals surface area contributed by atoms with Crippen LogP contribution in [0.4, 0.5) is 5.82 Å².